The van der Waals surface area contributed by atoms with Gasteiger partial charge < -0.3 is 20.2 Å². The molecule has 0 aromatic carbocycles. The van der Waals surface area contributed by atoms with E-state index in [1.54, 1.807) is 0 Å². The summed E-state index contributed by atoms with van der Waals surface area (Å²) >= 11 is 0. The summed E-state index contributed by atoms with van der Waals surface area (Å²) in [7, 11) is 0. The van der Waals surface area contributed by atoms with E-state index in [1.807, 2.05) is 4.90 Å². The second-order valence-electron chi connectivity index (χ2n) is 6.77. The predicted octanol–water partition coefficient (Wildman–Crippen LogP) is 1.66. The van der Waals surface area contributed by atoms with Crippen molar-refractivity contribution in [1.82, 2.24) is 15.1 Å². The van der Waals surface area contributed by atoms with E-state index < -0.39 is 0 Å². The highest BCUT2D eigenvalue weighted by Gasteiger charge is 2.34. The van der Waals surface area contributed by atoms with Gasteiger partial charge >= 0.3 is 6.03 Å². The van der Waals surface area contributed by atoms with Crippen LogP contribution in [0.1, 0.15) is 46.0 Å². The highest BCUT2D eigenvalue weighted by atomic mass is 16.3. The van der Waals surface area contributed by atoms with Gasteiger partial charge in [-0.15, -0.1) is 0 Å². The number of amides is 2. The average molecular weight is 297 g/mol. The SMILES string of the molecule is C[C@H](CN1CCCCCC1)NC(=O)N1CC[C@@H](C)[C@H]1CO. The maximum Gasteiger partial charge on any atom is 0.317 e. The molecule has 2 fully saturated rings. The van der Waals surface area contributed by atoms with Crippen molar-refractivity contribution >= 4 is 6.03 Å². The number of urea groups is 1. The summed E-state index contributed by atoms with van der Waals surface area (Å²) in [6.45, 7) is 8.24. The summed E-state index contributed by atoms with van der Waals surface area (Å²) in [6, 6.07) is 0.127. The molecule has 2 saturated heterocycles. The van der Waals surface area contributed by atoms with E-state index in [-0.39, 0.29) is 24.7 Å². The molecule has 2 aliphatic rings. The van der Waals surface area contributed by atoms with Crippen LogP contribution in [0.3, 0.4) is 0 Å². The highest BCUT2D eigenvalue weighted by molar-refractivity contribution is 5.75. The molecule has 2 heterocycles. The van der Waals surface area contributed by atoms with Gasteiger partial charge in [-0.25, -0.2) is 4.79 Å². The second-order valence-corrected chi connectivity index (χ2v) is 6.77. The van der Waals surface area contributed by atoms with Gasteiger partial charge in [0.2, 0.25) is 0 Å². The van der Waals surface area contributed by atoms with Crippen LogP contribution in [0.4, 0.5) is 4.79 Å². The van der Waals surface area contributed by atoms with Gasteiger partial charge in [0.1, 0.15) is 0 Å². The molecule has 3 atom stereocenters. The van der Waals surface area contributed by atoms with E-state index >= 15 is 0 Å². The summed E-state index contributed by atoms with van der Waals surface area (Å²) < 4.78 is 0. The monoisotopic (exact) mass is 297 g/mol. The van der Waals surface area contributed by atoms with Gasteiger partial charge in [0, 0.05) is 19.1 Å². The number of carbonyl (C=O) groups is 1. The first kappa shape index (κ1) is 16.6. The highest BCUT2D eigenvalue weighted by Crippen LogP contribution is 2.23. The summed E-state index contributed by atoms with van der Waals surface area (Å²) in [5.41, 5.74) is 0. The molecular formula is C16H31N3O2. The van der Waals surface area contributed by atoms with Crippen molar-refractivity contribution < 1.29 is 9.90 Å². The lowest BCUT2D eigenvalue weighted by molar-refractivity contribution is 0.140. The third kappa shape index (κ3) is 4.58. The molecule has 0 radical (unpaired) electrons. The van der Waals surface area contributed by atoms with Crippen LogP contribution < -0.4 is 5.32 Å². The molecule has 2 N–H and O–H groups in total. The number of nitrogens with one attached hydrogen (secondary N) is 1. The quantitative estimate of drug-likeness (QED) is 0.830. The first-order valence-electron chi connectivity index (χ1n) is 8.52. The van der Waals surface area contributed by atoms with Crippen molar-refractivity contribution in [3.63, 3.8) is 0 Å². The molecule has 5 nitrogen and oxygen atoms in total. The van der Waals surface area contributed by atoms with Crippen LogP contribution in [0, 0.1) is 5.92 Å². The molecule has 0 unspecified atom stereocenters. The number of aliphatic hydroxyl groups excluding tert-OH is 1. The molecule has 21 heavy (non-hydrogen) atoms. The number of hydrogen-bond acceptors (Lipinski definition) is 3. The molecule has 2 aliphatic heterocycles. The maximum absolute atomic E-state index is 12.4. The van der Waals surface area contributed by atoms with Gasteiger partial charge in [-0.05, 0) is 45.2 Å². The molecule has 5 heteroatoms. The normalized spacial score (nSPS) is 29.2. The number of rotatable bonds is 4. The van der Waals surface area contributed by atoms with Gasteiger partial charge in [0.05, 0.1) is 12.6 Å². The minimum absolute atomic E-state index is 0.0132. The maximum atomic E-state index is 12.4. The fraction of sp³-hybridized carbons (Fsp3) is 0.938. The Morgan fingerprint density at radius 1 is 1.24 bits per heavy atom. The fourth-order valence-corrected chi connectivity index (χ4v) is 3.58. The zero-order valence-corrected chi connectivity index (χ0v) is 13.6. The average Bonchev–Trinajstić information content (AvgIpc) is 2.65. The topological polar surface area (TPSA) is 55.8 Å². The van der Waals surface area contributed by atoms with Crippen LogP contribution in [0.5, 0.6) is 0 Å². The van der Waals surface area contributed by atoms with Crippen LogP contribution in [0.2, 0.25) is 0 Å². The Labute approximate surface area is 128 Å². The summed E-state index contributed by atoms with van der Waals surface area (Å²) in [4.78, 5) is 16.6. The number of likely N-dealkylation sites (tertiary alicyclic amines) is 2. The van der Waals surface area contributed by atoms with E-state index in [0.717, 1.165) is 32.6 Å². The molecule has 2 rings (SSSR count). The minimum atomic E-state index is -0.0182. The minimum Gasteiger partial charge on any atom is -0.394 e. The standard InChI is InChI=1S/C16H31N3O2/c1-13-7-10-19(15(13)12-20)16(21)17-14(2)11-18-8-5-3-4-6-9-18/h13-15,20H,3-12H2,1-2H3,(H,17,21)/t13-,14-,15-/m1/s1. The zero-order valence-electron chi connectivity index (χ0n) is 13.6. The van der Waals surface area contributed by atoms with Crippen LogP contribution in [0.15, 0.2) is 0 Å². The lowest BCUT2D eigenvalue weighted by atomic mass is 10.0. The summed E-state index contributed by atoms with van der Waals surface area (Å²) in [6.07, 6.45) is 6.20. The fourth-order valence-electron chi connectivity index (χ4n) is 3.58. The Kier molecular flexibility index (Phi) is 6.30. The van der Waals surface area contributed by atoms with Crippen LogP contribution in [-0.2, 0) is 0 Å². The Morgan fingerprint density at radius 2 is 1.90 bits per heavy atom. The first-order chi connectivity index (χ1) is 10.1. The van der Waals surface area contributed by atoms with E-state index in [0.29, 0.717) is 5.92 Å². The molecule has 0 spiro atoms. The van der Waals surface area contributed by atoms with Crippen molar-refractivity contribution in [3.05, 3.63) is 0 Å². The molecule has 122 valence electrons. The Balaban J connectivity index is 1.78. The van der Waals surface area contributed by atoms with E-state index in [2.05, 4.69) is 24.1 Å². The number of hydrogen-bond donors (Lipinski definition) is 2. The largest absolute Gasteiger partial charge is 0.394 e. The third-order valence-corrected chi connectivity index (χ3v) is 4.93. The van der Waals surface area contributed by atoms with Crippen LogP contribution in [-0.4, -0.2) is 65.8 Å². The van der Waals surface area contributed by atoms with Gasteiger partial charge in [-0.3, -0.25) is 0 Å². The summed E-state index contributed by atoms with van der Waals surface area (Å²) in [5, 5.41) is 12.6. The molecule has 0 aromatic heterocycles. The van der Waals surface area contributed by atoms with Gasteiger partial charge in [0.25, 0.3) is 0 Å². The van der Waals surface area contributed by atoms with Crippen molar-refractivity contribution in [2.24, 2.45) is 5.92 Å². The van der Waals surface area contributed by atoms with E-state index in [1.165, 1.54) is 25.7 Å². The molecular weight excluding hydrogens is 266 g/mol. The first-order valence-corrected chi connectivity index (χ1v) is 8.52. The van der Waals surface area contributed by atoms with Crippen molar-refractivity contribution in [1.29, 1.82) is 0 Å². The Morgan fingerprint density at radius 3 is 2.52 bits per heavy atom. The van der Waals surface area contributed by atoms with Crippen LogP contribution in [0.25, 0.3) is 0 Å². The smallest absolute Gasteiger partial charge is 0.317 e. The third-order valence-electron chi connectivity index (χ3n) is 4.93. The number of aliphatic hydroxyl groups is 1. The number of nitrogens with zero attached hydrogens (tertiary/aromatic N) is 2. The lowest BCUT2D eigenvalue weighted by Crippen LogP contribution is -2.50. The van der Waals surface area contributed by atoms with Crippen molar-refractivity contribution in [3.8, 4) is 0 Å². The molecule has 0 bridgehead atoms. The van der Waals surface area contributed by atoms with Gasteiger partial charge in [-0.2, -0.15) is 0 Å². The van der Waals surface area contributed by atoms with E-state index in [4.69, 9.17) is 0 Å². The van der Waals surface area contributed by atoms with Crippen molar-refractivity contribution in [2.75, 3.05) is 32.8 Å². The number of carbonyl (C=O) groups excluding carboxylic acids is 1. The molecule has 0 aromatic rings. The van der Waals surface area contributed by atoms with E-state index in [9.17, 15) is 9.90 Å². The van der Waals surface area contributed by atoms with Gasteiger partial charge in [0.15, 0.2) is 0 Å². The Hall–Kier alpha value is -0.810. The summed E-state index contributed by atoms with van der Waals surface area (Å²) in [5.74, 6) is 0.390. The zero-order chi connectivity index (χ0) is 15.2. The van der Waals surface area contributed by atoms with Crippen LogP contribution >= 0.6 is 0 Å². The second kappa shape index (κ2) is 7.99. The molecule has 0 saturated carbocycles. The van der Waals surface area contributed by atoms with Crippen molar-refractivity contribution in [2.45, 2.75) is 58.0 Å². The molecule has 0 aliphatic carbocycles. The molecule has 2 amide bonds. The van der Waals surface area contributed by atoms with Gasteiger partial charge in [-0.1, -0.05) is 19.8 Å². The lowest BCUT2D eigenvalue weighted by Gasteiger charge is -2.29. The predicted molar refractivity (Wildman–Crippen MR) is 84.3 cm³/mol. The Bertz CT molecular complexity index is 329.